The van der Waals surface area contributed by atoms with Crippen LogP contribution in [0.25, 0.3) is 0 Å². The van der Waals surface area contributed by atoms with Crippen LogP contribution in [0.2, 0.25) is 18.1 Å². The first kappa shape index (κ1) is 28.8. The highest BCUT2D eigenvalue weighted by atomic mass is 32.2. The summed E-state index contributed by atoms with van der Waals surface area (Å²) in [5, 5.41) is 0.0722. The van der Waals surface area contributed by atoms with Gasteiger partial charge in [-0.1, -0.05) is 51.1 Å². The largest absolute Gasteiger partial charge is 0.444 e. The van der Waals surface area contributed by atoms with Crippen LogP contribution in [0, 0.1) is 0 Å². The van der Waals surface area contributed by atoms with Crippen LogP contribution < -0.4 is 0 Å². The Morgan fingerprint density at radius 3 is 2.26 bits per heavy atom. The molecule has 1 aliphatic rings. The van der Waals surface area contributed by atoms with Crippen molar-refractivity contribution in [1.29, 1.82) is 0 Å². The van der Waals surface area contributed by atoms with Crippen molar-refractivity contribution in [2.75, 3.05) is 13.2 Å². The molecule has 1 heterocycles. The lowest BCUT2D eigenvalue weighted by Crippen LogP contribution is -2.45. The Morgan fingerprint density at radius 1 is 1.09 bits per heavy atom. The molecule has 194 valence electrons. The first-order valence-corrected chi connectivity index (χ1v) is 16.6. The van der Waals surface area contributed by atoms with Gasteiger partial charge in [0.15, 0.2) is 8.32 Å². The average Bonchev–Trinajstić information content (AvgIpc) is 3.05. The molecular weight excluding hydrogens is 470 g/mol. The fourth-order valence-corrected chi connectivity index (χ4v) is 6.11. The molecule has 1 aromatic rings. The van der Waals surface area contributed by atoms with E-state index in [0.29, 0.717) is 31.4 Å². The molecule has 0 unspecified atom stereocenters. The summed E-state index contributed by atoms with van der Waals surface area (Å²) in [6.45, 7) is 17.1. The maximum absolute atomic E-state index is 12.9. The van der Waals surface area contributed by atoms with Crippen LogP contribution >= 0.6 is 0 Å². The third kappa shape index (κ3) is 8.98. The quantitative estimate of drug-likeness (QED) is 0.239. The molecule has 0 aromatic heterocycles. The number of hydrogen-bond donors (Lipinski definition) is 0. The lowest BCUT2D eigenvalue weighted by atomic mass is 10.1. The molecule has 1 aromatic carbocycles. The summed E-state index contributed by atoms with van der Waals surface area (Å²) < 4.78 is 42.1. The molecule has 0 radical (unpaired) electrons. The van der Waals surface area contributed by atoms with Crippen LogP contribution in [-0.2, 0) is 29.2 Å². The Morgan fingerprint density at radius 2 is 1.71 bits per heavy atom. The molecule has 0 spiro atoms. The van der Waals surface area contributed by atoms with Gasteiger partial charge < -0.3 is 14.1 Å². The van der Waals surface area contributed by atoms with Gasteiger partial charge in [0.05, 0.1) is 12.7 Å². The summed E-state index contributed by atoms with van der Waals surface area (Å²) in [7, 11) is -5.65. The summed E-state index contributed by atoms with van der Waals surface area (Å²) in [6, 6.07) is 8.90. The number of hydrogen-bond acceptors (Lipinski definition) is 6. The van der Waals surface area contributed by atoms with Crippen molar-refractivity contribution >= 4 is 24.5 Å². The van der Waals surface area contributed by atoms with Crippen molar-refractivity contribution in [3.05, 3.63) is 35.9 Å². The zero-order chi connectivity index (χ0) is 25.8. The molecular formula is C25H43NO6SSi. The molecule has 1 aliphatic heterocycles. The second-order valence-corrected chi connectivity index (χ2v) is 18.1. The zero-order valence-corrected chi connectivity index (χ0v) is 23.9. The topological polar surface area (TPSA) is 82.1 Å². The van der Waals surface area contributed by atoms with Crippen LogP contribution in [0.15, 0.2) is 30.3 Å². The van der Waals surface area contributed by atoms with E-state index in [4.69, 9.17) is 13.3 Å². The number of carbonyl (C=O) groups excluding carboxylic acids is 1. The summed E-state index contributed by atoms with van der Waals surface area (Å²) >= 11 is 0. The van der Waals surface area contributed by atoms with E-state index in [1.54, 1.807) is 29.2 Å². The number of amides is 1. The molecule has 2 rings (SSSR count). The highest BCUT2D eigenvalue weighted by Crippen LogP contribution is 2.39. The van der Waals surface area contributed by atoms with Crippen LogP contribution in [0.5, 0.6) is 0 Å². The number of carbonyl (C=O) groups is 1. The maximum atomic E-state index is 12.9. The predicted octanol–water partition coefficient (Wildman–Crippen LogP) is 5.71. The minimum atomic E-state index is -3.66. The van der Waals surface area contributed by atoms with Crippen LogP contribution in [0.4, 0.5) is 4.79 Å². The van der Waals surface area contributed by atoms with Crippen molar-refractivity contribution in [1.82, 2.24) is 4.90 Å². The minimum Gasteiger partial charge on any atom is -0.444 e. The van der Waals surface area contributed by atoms with Gasteiger partial charge in [-0.05, 0) is 63.7 Å². The van der Waals surface area contributed by atoms with Crippen LogP contribution in [0.1, 0.15) is 66.4 Å². The molecule has 0 aliphatic carbocycles. The summed E-state index contributed by atoms with van der Waals surface area (Å²) in [6.07, 6.45) is 1.45. The van der Waals surface area contributed by atoms with E-state index in [-0.39, 0.29) is 35.6 Å². The summed E-state index contributed by atoms with van der Waals surface area (Å²) in [5.74, 6) is -0.149. The molecule has 1 fully saturated rings. The monoisotopic (exact) mass is 513 g/mol. The first-order chi connectivity index (χ1) is 15.5. The molecule has 9 heteroatoms. The summed E-state index contributed by atoms with van der Waals surface area (Å²) in [5.41, 5.74) is 0.106. The lowest BCUT2D eigenvalue weighted by Gasteiger charge is -2.38. The molecule has 0 bridgehead atoms. The van der Waals surface area contributed by atoms with Crippen molar-refractivity contribution in [3.63, 3.8) is 0 Å². The third-order valence-corrected chi connectivity index (χ3v) is 12.2. The van der Waals surface area contributed by atoms with Crippen LogP contribution in [-0.4, -0.2) is 58.6 Å². The molecule has 1 saturated heterocycles. The number of rotatable bonds is 9. The molecule has 7 nitrogen and oxygen atoms in total. The van der Waals surface area contributed by atoms with Gasteiger partial charge in [-0.25, -0.2) is 4.79 Å². The van der Waals surface area contributed by atoms with E-state index in [0.717, 1.165) is 0 Å². The molecule has 34 heavy (non-hydrogen) atoms. The van der Waals surface area contributed by atoms with E-state index < -0.39 is 24.0 Å². The Hall–Kier alpha value is -1.42. The number of nitrogens with zero attached hydrogens (tertiary/aromatic N) is 1. The van der Waals surface area contributed by atoms with Crippen LogP contribution in [0.3, 0.4) is 0 Å². The molecule has 0 saturated carbocycles. The zero-order valence-electron chi connectivity index (χ0n) is 22.1. The smallest absolute Gasteiger partial charge is 0.410 e. The van der Waals surface area contributed by atoms with Gasteiger partial charge in [0.1, 0.15) is 11.4 Å². The van der Waals surface area contributed by atoms with Gasteiger partial charge in [-0.15, -0.1) is 0 Å². The van der Waals surface area contributed by atoms with Gasteiger partial charge in [0.25, 0.3) is 10.1 Å². The van der Waals surface area contributed by atoms with E-state index in [1.165, 1.54) is 0 Å². The van der Waals surface area contributed by atoms with Gasteiger partial charge in [0.2, 0.25) is 0 Å². The van der Waals surface area contributed by atoms with Gasteiger partial charge in [0, 0.05) is 12.6 Å². The van der Waals surface area contributed by atoms with Crippen molar-refractivity contribution in [2.24, 2.45) is 0 Å². The first-order valence-electron chi connectivity index (χ1n) is 12.1. The normalized spacial score (nSPS) is 19.9. The van der Waals surface area contributed by atoms with Crippen molar-refractivity contribution in [3.8, 4) is 0 Å². The second-order valence-electron chi connectivity index (χ2n) is 11.7. The van der Waals surface area contributed by atoms with Gasteiger partial charge in [-0.3, -0.25) is 4.18 Å². The lowest BCUT2D eigenvalue weighted by molar-refractivity contribution is 0.0201. The Kier molecular flexibility index (Phi) is 9.40. The Bertz CT molecular complexity index is 906. The molecule has 2 atom stereocenters. The standard InChI is InChI=1S/C25H43NO6SSi/c1-24(2,3)31-23(27)26-18-22(32-34(7,8)25(4,5)6)17-21(26)15-12-16-30-33(28,29)19-20-13-10-9-11-14-20/h9-11,13-14,21-22H,12,15-19H2,1-8H3/t21-,22+/m1/s1. The maximum Gasteiger partial charge on any atom is 0.410 e. The van der Waals surface area contributed by atoms with E-state index in [9.17, 15) is 13.2 Å². The average molecular weight is 514 g/mol. The Balaban J connectivity index is 1.98. The number of ether oxygens (including phenoxy) is 1. The minimum absolute atomic E-state index is 0.0545. The second kappa shape index (κ2) is 11.1. The highest BCUT2D eigenvalue weighted by Gasteiger charge is 2.44. The highest BCUT2D eigenvalue weighted by molar-refractivity contribution is 7.85. The number of benzene rings is 1. The number of likely N-dealkylation sites (tertiary alicyclic amines) is 1. The fourth-order valence-electron chi connectivity index (χ4n) is 3.70. The SMILES string of the molecule is CC(C)(C)OC(=O)N1C[C@@H](O[Si](C)(C)C(C)(C)C)C[C@H]1CCCOS(=O)(=O)Cc1ccccc1. The summed E-state index contributed by atoms with van der Waals surface area (Å²) in [4.78, 5) is 14.7. The Labute approximate surface area is 207 Å². The molecule has 1 amide bonds. The van der Waals surface area contributed by atoms with Gasteiger partial charge >= 0.3 is 6.09 Å². The van der Waals surface area contributed by atoms with Gasteiger partial charge in [-0.2, -0.15) is 8.42 Å². The molecule has 0 N–H and O–H groups in total. The van der Waals surface area contributed by atoms with Crippen molar-refractivity contribution < 1.29 is 26.6 Å². The van der Waals surface area contributed by atoms with E-state index in [2.05, 4.69) is 33.9 Å². The van der Waals surface area contributed by atoms with E-state index >= 15 is 0 Å². The van der Waals surface area contributed by atoms with E-state index in [1.807, 2.05) is 26.8 Å². The fraction of sp³-hybridized carbons (Fsp3) is 0.720. The van der Waals surface area contributed by atoms with Crippen molar-refractivity contribution in [2.45, 2.75) is 102 Å². The third-order valence-electron chi connectivity index (χ3n) is 6.40. The predicted molar refractivity (Wildman–Crippen MR) is 138 cm³/mol.